The summed E-state index contributed by atoms with van der Waals surface area (Å²) in [5, 5.41) is 14.1. The van der Waals surface area contributed by atoms with Gasteiger partial charge >= 0.3 is 5.69 Å². The molecule has 1 N–H and O–H groups in total. The number of likely N-dealkylation sites (tertiary alicyclic amines) is 1. The number of nitro groups is 1. The summed E-state index contributed by atoms with van der Waals surface area (Å²) in [6.45, 7) is 2.42. The van der Waals surface area contributed by atoms with Gasteiger partial charge in [0.1, 0.15) is 0 Å². The molecule has 1 aliphatic carbocycles. The van der Waals surface area contributed by atoms with Gasteiger partial charge in [-0.05, 0) is 44.8 Å². The molecule has 6 heteroatoms. The van der Waals surface area contributed by atoms with Crippen molar-refractivity contribution in [1.29, 1.82) is 0 Å². The zero-order chi connectivity index (χ0) is 13.2. The topological polar surface area (TPSA) is 71.3 Å². The molecule has 0 spiro atoms. The fourth-order valence-electron chi connectivity index (χ4n) is 2.96. The van der Waals surface area contributed by atoms with Crippen molar-refractivity contribution in [2.45, 2.75) is 37.8 Å². The molecular formula is C13H18N4O2. The van der Waals surface area contributed by atoms with Gasteiger partial charge in [-0.1, -0.05) is 0 Å². The Balaban J connectivity index is 1.57. The molecule has 0 bridgehead atoms. The molecule has 1 aromatic rings. The molecule has 102 valence electrons. The summed E-state index contributed by atoms with van der Waals surface area (Å²) in [6, 6.07) is 4.06. The van der Waals surface area contributed by atoms with Gasteiger partial charge in [0.25, 0.3) is 0 Å². The van der Waals surface area contributed by atoms with Crippen molar-refractivity contribution in [3.8, 4) is 0 Å². The Hall–Kier alpha value is -1.69. The van der Waals surface area contributed by atoms with Crippen molar-refractivity contribution in [3.05, 3.63) is 28.4 Å². The molecule has 0 radical (unpaired) electrons. The maximum Gasteiger partial charge on any atom is 0.311 e. The molecule has 0 unspecified atom stereocenters. The third-order valence-corrected chi connectivity index (χ3v) is 4.09. The summed E-state index contributed by atoms with van der Waals surface area (Å²) in [6.07, 6.45) is 6.33. The van der Waals surface area contributed by atoms with E-state index in [1.165, 1.54) is 32.0 Å². The van der Waals surface area contributed by atoms with E-state index < -0.39 is 0 Å². The summed E-state index contributed by atoms with van der Waals surface area (Å²) < 4.78 is 0. The Morgan fingerprint density at radius 2 is 2.11 bits per heavy atom. The van der Waals surface area contributed by atoms with Crippen LogP contribution in [0.25, 0.3) is 0 Å². The molecule has 1 aliphatic heterocycles. The van der Waals surface area contributed by atoms with E-state index in [4.69, 9.17) is 0 Å². The van der Waals surface area contributed by atoms with Gasteiger partial charge in [-0.25, -0.2) is 4.98 Å². The summed E-state index contributed by atoms with van der Waals surface area (Å²) in [5.74, 6) is 0.400. The normalized spacial score (nSPS) is 26.9. The number of hydrogen-bond donors (Lipinski definition) is 1. The summed E-state index contributed by atoms with van der Waals surface area (Å²) in [4.78, 5) is 17.1. The molecule has 1 saturated heterocycles. The van der Waals surface area contributed by atoms with Crippen molar-refractivity contribution < 1.29 is 4.92 Å². The van der Waals surface area contributed by atoms with Gasteiger partial charge in [-0.3, -0.25) is 10.1 Å². The lowest BCUT2D eigenvalue weighted by molar-refractivity contribution is -0.384. The zero-order valence-corrected chi connectivity index (χ0v) is 10.8. The average molecular weight is 262 g/mol. The monoisotopic (exact) mass is 262 g/mol. The van der Waals surface area contributed by atoms with Gasteiger partial charge in [0.05, 0.1) is 4.92 Å². The van der Waals surface area contributed by atoms with Crippen molar-refractivity contribution in [2.75, 3.05) is 18.4 Å². The third-order valence-electron chi connectivity index (χ3n) is 4.09. The lowest BCUT2D eigenvalue weighted by Gasteiger charge is -2.41. The Bertz CT molecular complexity index is 467. The van der Waals surface area contributed by atoms with Crippen LogP contribution in [0.5, 0.6) is 0 Å². The lowest BCUT2D eigenvalue weighted by Crippen LogP contribution is -2.49. The van der Waals surface area contributed by atoms with Crippen LogP contribution in [0.3, 0.4) is 0 Å². The van der Waals surface area contributed by atoms with E-state index in [-0.39, 0.29) is 10.6 Å². The van der Waals surface area contributed by atoms with Crippen LogP contribution in [0, 0.1) is 10.1 Å². The molecule has 2 aliphatic rings. The second-order valence-corrected chi connectivity index (χ2v) is 5.34. The van der Waals surface area contributed by atoms with E-state index >= 15 is 0 Å². The highest BCUT2D eigenvalue weighted by molar-refractivity contribution is 5.55. The van der Waals surface area contributed by atoms with Crippen LogP contribution >= 0.6 is 0 Å². The van der Waals surface area contributed by atoms with Crippen LogP contribution in [0.15, 0.2) is 18.3 Å². The van der Waals surface area contributed by atoms with Gasteiger partial charge in [-0.15, -0.1) is 0 Å². The summed E-state index contributed by atoms with van der Waals surface area (Å²) in [7, 11) is 0. The Morgan fingerprint density at radius 1 is 1.37 bits per heavy atom. The second-order valence-electron chi connectivity index (χ2n) is 5.34. The fraction of sp³-hybridized carbons (Fsp3) is 0.615. The van der Waals surface area contributed by atoms with Crippen LogP contribution in [-0.2, 0) is 0 Å². The number of nitrogens with one attached hydrogen (secondary N) is 1. The van der Waals surface area contributed by atoms with E-state index in [2.05, 4.69) is 15.2 Å². The second kappa shape index (κ2) is 5.13. The molecule has 2 fully saturated rings. The van der Waals surface area contributed by atoms with Crippen LogP contribution in [-0.4, -0.2) is 40.0 Å². The highest BCUT2D eigenvalue weighted by Gasteiger charge is 2.35. The quantitative estimate of drug-likeness (QED) is 0.664. The molecule has 3 rings (SSSR count). The highest BCUT2D eigenvalue weighted by atomic mass is 16.6. The number of nitrogens with zero attached hydrogens (tertiary/aromatic N) is 3. The standard InChI is InChI=1S/C13H18N4O2/c18-17(19)12-4-3-5-14-13(12)15-10-8-11(9-10)16-6-1-2-7-16/h3-5,10-11H,1-2,6-9H2,(H,14,15). The van der Waals surface area contributed by atoms with Gasteiger partial charge in [0.15, 0.2) is 0 Å². The number of hydrogen-bond acceptors (Lipinski definition) is 5. The molecule has 6 nitrogen and oxygen atoms in total. The molecular weight excluding hydrogens is 244 g/mol. The van der Waals surface area contributed by atoms with Crippen molar-refractivity contribution >= 4 is 11.5 Å². The first-order valence-electron chi connectivity index (χ1n) is 6.84. The molecule has 1 aromatic heterocycles. The third kappa shape index (κ3) is 2.53. The van der Waals surface area contributed by atoms with E-state index in [0.717, 1.165) is 12.8 Å². The Labute approximate surface area is 112 Å². The molecule has 0 atom stereocenters. The predicted octanol–water partition coefficient (Wildman–Crippen LogP) is 2.03. The van der Waals surface area contributed by atoms with Crippen molar-refractivity contribution in [2.24, 2.45) is 0 Å². The van der Waals surface area contributed by atoms with Crippen LogP contribution < -0.4 is 5.32 Å². The van der Waals surface area contributed by atoms with E-state index in [9.17, 15) is 10.1 Å². The summed E-state index contributed by atoms with van der Waals surface area (Å²) in [5.41, 5.74) is 0.0622. The van der Waals surface area contributed by atoms with E-state index in [1.807, 2.05) is 0 Å². The average Bonchev–Trinajstić information content (AvgIpc) is 2.87. The Morgan fingerprint density at radius 3 is 2.79 bits per heavy atom. The van der Waals surface area contributed by atoms with E-state index in [1.54, 1.807) is 12.3 Å². The van der Waals surface area contributed by atoms with Gasteiger partial charge in [0, 0.05) is 24.3 Å². The lowest BCUT2D eigenvalue weighted by atomic mass is 9.85. The van der Waals surface area contributed by atoms with Crippen molar-refractivity contribution in [1.82, 2.24) is 9.88 Å². The first-order chi connectivity index (χ1) is 9.24. The molecule has 1 saturated carbocycles. The Kier molecular flexibility index (Phi) is 3.33. The maximum absolute atomic E-state index is 10.9. The predicted molar refractivity (Wildman–Crippen MR) is 72.1 cm³/mol. The largest absolute Gasteiger partial charge is 0.361 e. The smallest absolute Gasteiger partial charge is 0.311 e. The molecule has 0 amide bonds. The van der Waals surface area contributed by atoms with Crippen LogP contribution in [0.1, 0.15) is 25.7 Å². The summed E-state index contributed by atoms with van der Waals surface area (Å²) >= 11 is 0. The van der Waals surface area contributed by atoms with Crippen LogP contribution in [0.2, 0.25) is 0 Å². The number of pyridine rings is 1. The molecule has 0 aromatic carbocycles. The first kappa shape index (κ1) is 12.3. The van der Waals surface area contributed by atoms with Gasteiger partial charge in [-0.2, -0.15) is 0 Å². The molecule has 2 heterocycles. The van der Waals surface area contributed by atoms with Gasteiger partial charge < -0.3 is 10.2 Å². The number of aromatic nitrogens is 1. The molecule has 19 heavy (non-hydrogen) atoms. The van der Waals surface area contributed by atoms with Gasteiger partial charge in [0.2, 0.25) is 5.82 Å². The van der Waals surface area contributed by atoms with Crippen molar-refractivity contribution in [3.63, 3.8) is 0 Å². The minimum Gasteiger partial charge on any atom is -0.361 e. The number of anilines is 1. The minimum absolute atomic E-state index is 0.0622. The fourth-order valence-corrected chi connectivity index (χ4v) is 2.96. The van der Waals surface area contributed by atoms with Crippen LogP contribution in [0.4, 0.5) is 11.5 Å². The zero-order valence-electron chi connectivity index (χ0n) is 10.8. The minimum atomic E-state index is -0.383. The SMILES string of the molecule is O=[N+]([O-])c1cccnc1NC1CC(N2CCCC2)C1. The first-order valence-corrected chi connectivity index (χ1v) is 6.84. The maximum atomic E-state index is 10.9. The number of rotatable bonds is 4. The van der Waals surface area contributed by atoms with E-state index in [0.29, 0.717) is 17.9 Å². The highest BCUT2D eigenvalue weighted by Crippen LogP contribution is 2.32.